The maximum atomic E-state index is 13.0. The highest BCUT2D eigenvalue weighted by Gasteiger charge is 2.27. The Hall–Kier alpha value is -2.32. The van der Waals surface area contributed by atoms with Crippen LogP contribution in [0.2, 0.25) is 0 Å². The first-order chi connectivity index (χ1) is 38.0. The molecule has 78 heavy (non-hydrogen) atoms. The highest BCUT2D eigenvalue weighted by Crippen LogP contribution is 2.43. The molecule has 0 radical (unpaired) electrons. The van der Waals surface area contributed by atoms with E-state index in [1.807, 2.05) is 27.2 Å². The first kappa shape index (κ1) is 75.7. The van der Waals surface area contributed by atoms with Gasteiger partial charge in [0.15, 0.2) is 0 Å². The molecule has 0 saturated carbocycles. The zero-order valence-corrected chi connectivity index (χ0v) is 52.8. The van der Waals surface area contributed by atoms with Crippen LogP contribution >= 0.6 is 7.82 Å². The molecule has 0 aliphatic heterocycles. The van der Waals surface area contributed by atoms with Gasteiger partial charge in [-0.2, -0.15) is 0 Å². The Morgan fingerprint density at radius 2 is 0.782 bits per heavy atom. The van der Waals surface area contributed by atoms with Gasteiger partial charge in [0.05, 0.1) is 39.9 Å². The number of phosphoric acid groups is 1. The molecule has 454 valence electrons. The van der Waals surface area contributed by atoms with Gasteiger partial charge in [-0.05, 0) is 83.5 Å². The number of amides is 1. The number of nitrogens with one attached hydrogen (secondary N) is 1. The third-order valence-electron chi connectivity index (χ3n) is 14.6. The lowest BCUT2D eigenvalue weighted by molar-refractivity contribution is -0.870. The summed E-state index contributed by atoms with van der Waals surface area (Å²) in [7, 11) is 1.55. The molecule has 9 heteroatoms. The fourth-order valence-electron chi connectivity index (χ4n) is 9.48. The number of rotatable bonds is 60. The van der Waals surface area contributed by atoms with E-state index < -0.39 is 20.0 Å². The van der Waals surface area contributed by atoms with Gasteiger partial charge < -0.3 is 19.8 Å². The molecule has 3 N–H and O–H groups in total. The van der Waals surface area contributed by atoms with Crippen molar-refractivity contribution in [2.24, 2.45) is 0 Å². The van der Waals surface area contributed by atoms with Crippen LogP contribution < -0.4 is 5.32 Å². The molecule has 3 unspecified atom stereocenters. The number of hydrogen-bond donors (Lipinski definition) is 3. The van der Waals surface area contributed by atoms with E-state index in [9.17, 15) is 19.4 Å². The second-order valence-electron chi connectivity index (χ2n) is 23.4. The van der Waals surface area contributed by atoms with Gasteiger partial charge >= 0.3 is 7.82 Å². The van der Waals surface area contributed by atoms with E-state index in [1.54, 1.807) is 6.08 Å². The van der Waals surface area contributed by atoms with Crippen LogP contribution in [0.25, 0.3) is 0 Å². The van der Waals surface area contributed by atoms with Crippen molar-refractivity contribution in [1.29, 1.82) is 0 Å². The summed E-state index contributed by atoms with van der Waals surface area (Å²) in [5.74, 6) is -0.189. The molecule has 0 bridgehead atoms. The fraction of sp³-hybridized carbons (Fsp3) is 0.783. The summed E-state index contributed by atoms with van der Waals surface area (Å²) in [6.45, 7) is 4.70. The Morgan fingerprint density at radius 3 is 1.18 bits per heavy atom. The van der Waals surface area contributed by atoms with Gasteiger partial charge in [0, 0.05) is 6.42 Å². The Labute approximate surface area is 484 Å². The molecule has 0 aromatic rings. The van der Waals surface area contributed by atoms with Crippen molar-refractivity contribution in [3.05, 3.63) is 85.1 Å². The third kappa shape index (κ3) is 61.3. The summed E-state index contributed by atoms with van der Waals surface area (Å²) in [5, 5.41) is 14.0. The second kappa shape index (κ2) is 59.3. The number of carbonyl (C=O) groups excluding carboxylic acids is 1. The van der Waals surface area contributed by atoms with E-state index in [0.29, 0.717) is 17.4 Å². The summed E-state index contributed by atoms with van der Waals surface area (Å²) in [6.07, 6.45) is 84.3. The number of unbranched alkanes of at least 4 members (excludes halogenated alkanes) is 35. The number of phosphoric ester groups is 1. The SMILES string of the molecule is CC/C=C\C/C=C\C/C=C\C/C=C\CCCCCCCCCCCCCCCCCCCCC(=O)NC(COP(=O)(O)OCC[N+](C)(C)C)C(O)/C=C/CC/C=C/CC/C=C/CCCCCCCCCCCCCCCCC. The Kier molecular flexibility index (Phi) is 57.5. The molecule has 0 aromatic carbocycles. The number of quaternary nitrogens is 1. The number of likely N-dealkylation sites (N-methyl/N-ethyl adjacent to an activating group) is 1. The van der Waals surface area contributed by atoms with Crippen LogP contribution in [0.3, 0.4) is 0 Å². The molecule has 0 aromatic heterocycles. The first-order valence-electron chi connectivity index (χ1n) is 33.0. The van der Waals surface area contributed by atoms with E-state index in [4.69, 9.17) is 9.05 Å². The lowest BCUT2D eigenvalue weighted by atomic mass is 10.0. The van der Waals surface area contributed by atoms with Crippen molar-refractivity contribution in [1.82, 2.24) is 5.32 Å². The number of hydrogen-bond acceptors (Lipinski definition) is 5. The van der Waals surface area contributed by atoms with Gasteiger partial charge in [-0.1, -0.05) is 292 Å². The molecular weight excluding hydrogens is 984 g/mol. The van der Waals surface area contributed by atoms with Crippen LogP contribution in [0, 0.1) is 0 Å². The van der Waals surface area contributed by atoms with Crippen LogP contribution in [-0.4, -0.2) is 73.4 Å². The van der Waals surface area contributed by atoms with Crippen LogP contribution in [-0.2, 0) is 18.4 Å². The average molecular weight is 1110 g/mol. The number of aliphatic hydroxyl groups excluding tert-OH is 1. The first-order valence-corrected chi connectivity index (χ1v) is 34.5. The minimum Gasteiger partial charge on any atom is -0.387 e. The van der Waals surface area contributed by atoms with Gasteiger partial charge in [-0.15, -0.1) is 0 Å². The molecular formula is C69H128N2O6P+. The molecule has 0 saturated heterocycles. The minimum atomic E-state index is -4.37. The molecule has 0 spiro atoms. The molecule has 3 atom stereocenters. The van der Waals surface area contributed by atoms with Gasteiger partial charge in [0.1, 0.15) is 13.2 Å². The number of allylic oxidation sites excluding steroid dienone is 13. The maximum absolute atomic E-state index is 13.0. The minimum absolute atomic E-state index is 0.0518. The average Bonchev–Trinajstić information content (AvgIpc) is 3.41. The van der Waals surface area contributed by atoms with Gasteiger partial charge in [0.2, 0.25) is 5.91 Å². The monoisotopic (exact) mass is 1110 g/mol. The Morgan fingerprint density at radius 1 is 0.449 bits per heavy atom. The maximum Gasteiger partial charge on any atom is 0.472 e. The summed E-state index contributed by atoms with van der Waals surface area (Å²) < 4.78 is 23.8. The molecule has 0 aliphatic carbocycles. The zero-order chi connectivity index (χ0) is 57.0. The van der Waals surface area contributed by atoms with Crippen molar-refractivity contribution in [3.8, 4) is 0 Å². The van der Waals surface area contributed by atoms with Gasteiger partial charge in [-0.25, -0.2) is 4.57 Å². The highest BCUT2D eigenvalue weighted by atomic mass is 31.2. The van der Waals surface area contributed by atoms with Gasteiger partial charge in [-0.3, -0.25) is 13.8 Å². The topological polar surface area (TPSA) is 105 Å². The fourth-order valence-corrected chi connectivity index (χ4v) is 10.2. The molecule has 8 nitrogen and oxygen atoms in total. The third-order valence-corrected chi connectivity index (χ3v) is 15.6. The summed E-state index contributed by atoms with van der Waals surface area (Å²) in [4.78, 5) is 23.4. The van der Waals surface area contributed by atoms with Crippen LogP contribution in [0.4, 0.5) is 0 Å². The zero-order valence-electron chi connectivity index (χ0n) is 51.9. The van der Waals surface area contributed by atoms with Crippen LogP contribution in [0.1, 0.15) is 296 Å². The van der Waals surface area contributed by atoms with E-state index in [2.05, 4.69) is 92.1 Å². The standard InChI is InChI=1S/C69H127N2O6P/c1-6-8-10-12-14-16-18-20-22-24-26-28-30-32-33-34-35-36-37-39-41-43-45-47-49-51-53-55-57-59-61-63-69(73)70-67(66-77-78(74,75)76-65-64-71(3,4)5)68(72)62-60-58-56-54-52-50-48-46-44-42-40-38-31-29-27-25-23-21-19-17-15-13-11-9-7-2/h8,10,14,16,20,22,26,28,44,46,52,54,60,62,67-68,72H,6-7,9,11-13,15,17-19,21,23-25,27,29-43,45,47-51,53,55-59,61,63-66H2,1-5H3,(H-,70,73,74,75)/p+1/b10-8-,16-14-,22-20-,28-26-,46-44+,54-52+,62-60+. The Bertz CT molecular complexity index is 1550. The largest absolute Gasteiger partial charge is 0.472 e. The van der Waals surface area contributed by atoms with Crippen molar-refractivity contribution < 1.29 is 32.9 Å². The summed E-state index contributed by atoms with van der Waals surface area (Å²) in [6, 6.07) is -0.874. The molecule has 0 fully saturated rings. The van der Waals surface area contributed by atoms with E-state index in [1.165, 1.54) is 205 Å². The highest BCUT2D eigenvalue weighted by molar-refractivity contribution is 7.47. The normalized spacial score (nSPS) is 14.3. The van der Waals surface area contributed by atoms with E-state index >= 15 is 0 Å². The summed E-state index contributed by atoms with van der Waals surface area (Å²) in [5.41, 5.74) is 0. The predicted molar refractivity (Wildman–Crippen MR) is 341 cm³/mol. The Balaban J connectivity index is 4.15. The molecule has 0 heterocycles. The lowest BCUT2D eigenvalue weighted by Crippen LogP contribution is -2.45. The lowest BCUT2D eigenvalue weighted by Gasteiger charge is -2.25. The molecule has 0 aliphatic rings. The number of carbonyl (C=O) groups is 1. The molecule has 0 rings (SSSR count). The smallest absolute Gasteiger partial charge is 0.387 e. The predicted octanol–water partition coefficient (Wildman–Crippen LogP) is 20.8. The van der Waals surface area contributed by atoms with Crippen molar-refractivity contribution in [2.75, 3.05) is 40.9 Å². The van der Waals surface area contributed by atoms with Crippen molar-refractivity contribution >= 4 is 13.7 Å². The van der Waals surface area contributed by atoms with Gasteiger partial charge in [0.25, 0.3) is 0 Å². The van der Waals surface area contributed by atoms with E-state index in [-0.39, 0.29) is 19.1 Å². The quantitative estimate of drug-likeness (QED) is 0.0243. The number of nitrogens with zero attached hydrogens (tertiary/aromatic N) is 1. The van der Waals surface area contributed by atoms with E-state index in [0.717, 1.165) is 70.6 Å². The molecule has 1 amide bonds. The van der Waals surface area contributed by atoms with Crippen LogP contribution in [0.15, 0.2) is 85.1 Å². The summed E-state index contributed by atoms with van der Waals surface area (Å²) >= 11 is 0. The number of aliphatic hydroxyl groups is 1. The van der Waals surface area contributed by atoms with Crippen molar-refractivity contribution in [3.63, 3.8) is 0 Å². The van der Waals surface area contributed by atoms with Crippen LogP contribution in [0.5, 0.6) is 0 Å². The second-order valence-corrected chi connectivity index (χ2v) is 24.9. The van der Waals surface area contributed by atoms with Crippen molar-refractivity contribution in [2.45, 2.75) is 309 Å².